The van der Waals surface area contributed by atoms with Gasteiger partial charge in [0.2, 0.25) is 0 Å². The maximum atomic E-state index is 6.27. The molecule has 0 aromatic carbocycles. The number of hydrogen-bond acceptors (Lipinski definition) is 2. The second-order valence-corrected chi connectivity index (χ2v) is 10.5. The molecule has 0 amide bonds. The molecule has 0 fully saturated rings. The second kappa shape index (κ2) is 17.4. The van der Waals surface area contributed by atoms with Crippen LogP contribution in [0.25, 0.3) is 0 Å². The first-order chi connectivity index (χ1) is 12.6. The molecule has 0 saturated heterocycles. The summed E-state index contributed by atoms with van der Waals surface area (Å²) in [6, 6.07) is 0. The van der Waals surface area contributed by atoms with Gasteiger partial charge >= 0.3 is 0 Å². The molecule has 0 aromatic heterocycles. The Balaban J connectivity index is 4.76. The van der Waals surface area contributed by atoms with Gasteiger partial charge in [0.1, 0.15) is 0 Å². The molecule has 0 spiro atoms. The lowest BCUT2D eigenvalue weighted by Gasteiger charge is -2.40. The van der Waals surface area contributed by atoms with E-state index in [2.05, 4.69) is 41.5 Å². The highest BCUT2D eigenvalue weighted by atomic mass is 31.1. The minimum absolute atomic E-state index is 0.253. The first kappa shape index (κ1) is 26.4. The van der Waals surface area contributed by atoms with E-state index in [1.54, 1.807) is 0 Å². The Kier molecular flexibility index (Phi) is 17.7. The highest BCUT2D eigenvalue weighted by molar-refractivity contribution is 7.57. The van der Waals surface area contributed by atoms with Gasteiger partial charge in [-0.15, -0.1) is 7.92 Å². The molecule has 0 aliphatic carbocycles. The van der Waals surface area contributed by atoms with Gasteiger partial charge in [-0.2, -0.15) is 0 Å². The fraction of sp³-hybridized carbons (Fsp3) is 1.00. The summed E-state index contributed by atoms with van der Waals surface area (Å²) < 4.78 is 12.5. The molecule has 3 heteroatoms. The van der Waals surface area contributed by atoms with Crippen LogP contribution in [0, 0.1) is 5.92 Å². The average molecular weight is 389 g/mol. The van der Waals surface area contributed by atoms with E-state index < -0.39 is 0 Å². The van der Waals surface area contributed by atoms with Gasteiger partial charge in [-0.25, -0.2) is 0 Å². The lowest BCUT2D eigenvalue weighted by Crippen LogP contribution is -2.43. The molecule has 0 aliphatic rings. The van der Waals surface area contributed by atoms with E-state index in [-0.39, 0.29) is 13.7 Å². The molecule has 0 rings (SSSR count). The van der Waals surface area contributed by atoms with Crippen molar-refractivity contribution in [1.29, 1.82) is 0 Å². The lowest BCUT2D eigenvalue weighted by molar-refractivity contribution is -0.267. The van der Waals surface area contributed by atoms with E-state index in [4.69, 9.17) is 9.47 Å². The minimum atomic E-state index is -0.353. The van der Waals surface area contributed by atoms with Gasteiger partial charge in [-0.05, 0) is 58.0 Å². The zero-order valence-electron chi connectivity index (χ0n) is 18.9. The zero-order chi connectivity index (χ0) is 19.7. The normalized spacial score (nSPS) is 13.5. The molecule has 0 aliphatic heterocycles. The van der Waals surface area contributed by atoms with Gasteiger partial charge in [0.15, 0.2) is 5.79 Å². The standard InChI is InChI=1S/C23H49O2P/c1-7-13-14-15-16-17-19-22(20-18-21-26(11-5)12-6)23(8-2,24-9-3)25-10-4/h22H,7-21H2,1-6H3. The van der Waals surface area contributed by atoms with Gasteiger partial charge in [-0.1, -0.05) is 66.2 Å². The summed E-state index contributed by atoms with van der Waals surface area (Å²) >= 11 is 0. The van der Waals surface area contributed by atoms with Crippen molar-refractivity contribution in [1.82, 2.24) is 0 Å². The number of hydrogen-bond donors (Lipinski definition) is 0. The Morgan fingerprint density at radius 2 is 1.23 bits per heavy atom. The fourth-order valence-electron chi connectivity index (χ4n) is 4.12. The predicted octanol–water partition coefficient (Wildman–Crippen LogP) is 7.83. The summed E-state index contributed by atoms with van der Waals surface area (Å²) in [7, 11) is 0.253. The first-order valence-corrected chi connectivity index (χ1v) is 13.5. The molecule has 0 aromatic rings. The highest BCUT2D eigenvalue weighted by Crippen LogP contribution is 2.39. The van der Waals surface area contributed by atoms with E-state index in [9.17, 15) is 0 Å². The summed E-state index contributed by atoms with van der Waals surface area (Å²) in [5, 5.41) is 0. The van der Waals surface area contributed by atoms with Gasteiger partial charge in [-0.3, -0.25) is 0 Å². The molecular weight excluding hydrogens is 339 g/mol. The largest absolute Gasteiger partial charge is 0.350 e. The second-order valence-electron chi connectivity index (χ2n) is 7.45. The van der Waals surface area contributed by atoms with Crippen molar-refractivity contribution in [3.05, 3.63) is 0 Å². The van der Waals surface area contributed by atoms with Crippen LogP contribution < -0.4 is 0 Å². The fourth-order valence-corrected chi connectivity index (χ4v) is 5.82. The Bertz CT molecular complexity index is 286. The van der Waals surface area contributed by atoms with E-state index >= 15 is 0 Å². The van der Waals surface area contributed by atoms with Gasteiger partial charge in [0.05, 0.1) is 0 Å². The monoisotopic (exact) mass is 388 g/mol. The van der Waals surface area contributed by atoms with Crippen molar-refractivity contribution >= 4 is 7.92 Å². The summed E-state index contributed by atoms with van der Waals surface area (Å²) in [6.07, 6.45) is 17.2. The lowest BCUT2D eigenvalue weighted by atomic mass is 9.86. The van der Waals surface area contributed by atoms with E-state index in [1.165, 1.54) is 76.3 Å². The van der Waals surface area contributed by atoms with Crippen LogP contribution in [-0.2, 0) is 9.47 Å². The minimum Gasteiger partial charge on any atom is -0.350 e. The molecule has 158 valence electrons. The third-order valence-corrected chi connectivity index (χ3v) is 8.46. The Morgan fingerprint density at radius 3 is 1.73 bits per heavy atom. The van der Waals surface area contributed by atoms with Crippen molar-refractivity contribution in [3.8, 4) is 0 Å². The van der Waals surface area contributed by atoms with E-state index in [0.717, 1.165) is 19.6 Å². The SMILES string of the molecule is CCCCCCCCC(CCCP(CC)CC)C(CC)(OCC)OCC. The maximum Gasteiger partial charge on any atom is 0.170 e. The van der Waals surface area contributed by atoms with Crippen molar-refractivity contribution in [2.45, 2.75) is 112 Å². The van der Waals surface area contributed by atoms with Crippen LogP contribution in [0.4, 0.5) is 0 Å². The summed E-state index contributed by atoms with van der Waals surface area (Å²) in [6.45, 7) is 15.0. The third kappa shape index (κ3) is 10.6. The van der Waals surface area contributed by atoms with Crippen LogP contribution in [0.5, 0.6) is 0 Å². The predicted molar refractivity (Wildman–Crippen MR) is 120 cm³/mol. The Hall–Kier alpha value is 0.350. The quantitative estimate of drug-likeness (QED) is 0.127. The zero-order valence-corrected chi connectivity index (χ0v) is 19.8. The first-order valence-electron chi connectivity index (χ1n) is 11.6. The maximum absolute atomic E-state index is 6.27. The van der Waals surface area contributed by atoms with Crippen LogP contribution in [0.1, 0.15) is 106 Å². The molecule has 2 nitrogen and oxygen atoms in total. The van der Waals surface area contributed by atoms with Crippen molar-refractivity contribution in [2.75, 3.05) is 31.7 Å². The number of ether oxygens (including phenoxy) is 2. The van der Waals surface area contributed by atoms with Crippen molar-refractivity contribution in [2.24, 2.45) is 5.92 Å². The molecule has 0 saturated carbocycles. The topological polar surface area (TPSA) is 18.5 Å². The summed E-state index contributed by atoms with van der Waals surface area (Å²) in [5.41, 5.74) is 0. The van der Waals surface area contributed by atoms with Gasteiger partial charge in [0.25, 0.3) is 0 Å². The summed E-state index contributed by atoms with van der Waals surface area (Å²) in [4.78, 5) is 0. The van der Waals surface area contributed by atoms with Gasteiger partial charge in [0, 0.05) is 19.1 Å². The molecule has 0 N–H and O–H groups in total. The van der Waals surface area contributed by atoms with Crippen LogP contribution in [0.15, 0.2) is 0 Å². The molecule has 0 bridgehead atoms. The number of unbranched alkanes of at least 4 members (excludes halogenated alkanes) is 5. The molecule has 0 heterocycles. The molecule has 0 radical (unpaired) electrons. The van der Waals surface area contributed by atoms with E-state index in [0.29, 0.717) is 5.92 Å². The van der Waals surface area contributed by atoms with Gasteiger partial charge < -0.3 is 9.47 Å². The van der Waals surface area contributed by atoms with Crippen LogP contribution in [-0.4, -0.2) is 37.5 Å². The van der Waals surface area contributed by atoms with Crippen molar-refractivity contribution in [3.63, 3.8) is 0 Å². The molecule has 1 unspecified atom stereocenters. The number of rotatable bonds is 19. The molecular formula is C23H49O2P. The summed E-state index contributed by atoms with van der Waals surface area (Å²) in [5.74, 6) is 0.192. The van der Waals surface area contributed by atoms with E-state index in [1.807, 2.05) is 0 Å². The van der Waals surface area contributed by atoms with Crippen LogP contribution in [0.3, 0.4) is 0 Å². The molecule has 1 atom stereocenters. The molecule has 26 heavy (non-hydrogen) atoms. The third-order valence-electron chi connectivity index (χ3n) is 5.72. The highest BCUT2D eigenvalue weighted by Gasteiger charge is 2.38. The van der Waals surface area contributed by atoms with Crippen LogP contribution >= 0.6 is 7.92 Å². The average Bonchev–Trinajstić information content (AvgIpc) is 2.66. The van der Waals surface area contributed by atoms with Crippen molar-refractivity contribution < 1.29 is 9.47 Å². The Morgan fingerprint density at radius 1 is 0.692 bits per heavy atom. The smallest absolute Gasteiger partial charge is 0.170 e. The Labute approximate surface area is 166 Å². The van der Waals surface area contributed by atoms with Crippen LogP contribution in [0.2, 0.25) is 0 Å².